The second-order valence-corrected chi connectivity index (χ2v) is 6.31. The Kier molecular flexibility index (Phi) is 6.02. The molecule has 0 aliphatic rings. The van der Waals surface area contributed by atoms with Crippen LogP contribution in [0.25, 0.3) is 21.8 Å². The number of pyridine rings is 1. The number of para-hydroxylation sites is 2. The monoisotopic (exact) mass is 350 g/mol. The normalized spacial score (nSPS) is 11.0. The highest BCUT2D eigenvalue weighted by Gasteiger charge is 2.10. The van der Waals surface area contributed by atoms with E-state index in [0.717, 1.165) is 40.6 Å². The van der Waals surface area contributed by atoms with Crippen LogP contribution in [-0.2, 0) is 0 Å². The van der Waals surface area contributed by atoms with Crippen molar-refractivity contribution in [1.82, 2.24) is 9.88 Å². The van der Waals surface area contributed by atoms with Gasteiger partial charge in [0, 0.05) is 43.4 Å². The summed E-state index contributed by atoms with van der Waals surface area (Å²) in [5.74, 6) is 0.615. The first kappa shape index (κ1) is 18.1. The summed E-state index contributed by atoms with van der Waals surface area (Å²) in [5.41, 5.74) is 3.05. The minimum Gasteiger partial charge on any atom is -0.396 e. The molecule has 0 bridgehead atoms. The zero-order valence-electron chi connectivity index (χ0n) is 15.2. The number of anilines is 1. The van der Waals surface area contributed by atoms with Gasteiger partial charge in [-0.1, -0.05) is 43.3 Å². The molecule has 0 aliphatic heterocycles. The second kappa shape index (κ2) is 8.63. The topological polar surface area (TPSA) is 72.2 Å². The molecule has 26 heavy (non-hydrogen) atoms. The Bertz CT molecular complexity index is 839. The van der Waals surface area contributed by atoms with Crippen LogP contribution in [0.4, 0.5) is 5.69 Å². The van der Waals surface area contributed by atoms with Crippen molar-refractivity contribution in [1.29, 1.82) is 5.41 Å². The van der Waals surface area contributed by atoms with Crippen molar-refractivity contribution in [2.24, 2.45) is 0 Å². The Morgan fingerprint density at radius 3 is 2.23 bits per heavy atom. The largest absolute Gasteiger partial charge is 0.396 e. The SMILES string of the molecule is CCC(=N)N(CCCO)CCNc1c2ccccc2nc2ccccc12. The van der Waals surface area contributed by atoms with Gasteiger partial charge in [-0.05, 0) is 18.6 Å². The Morgan fingerprint density at radius 1 is 1.04 bits per heavy atom. The number of rotatable bonds is 8. The van der Waals surface area contributed by atoms with E-state index in [1.54, 1.807) is 0 Å². The van der Waals surface area contributed by atoms with E-state index < -0.39 is 0 Å². The van der Waals surface area contributed by atoms with E-state index in [1.165, 1.54) is 0 Å². The summed E-state index contributed by atoms with van der Waals surface area (Å²) in [6.45, 7) is 4.32. The number of fused-ring (bicyclic) bond motifs is 2. The molecule has 0 unspecified atom stereocenters. The van der Waals surface area contributed by atoms with E-state index in [9.17, 15) is 0 Å². The fourth-order valence-corrected chi connectivity index (χ4v) is 3.21. The lowest BCUT2D eigenvalue weighted by atomic mass is 10.1. The first-order chi connectivity index (χ1) is 12.7. The molecule has 0 saturated carbocycles. The first-order valence-electron chi connectivity index (χ1n) is 9.19. The Hall–Kier alpha value is -2.66. The number of aromatic nitrogens is 1. The molecule has 0 aliphatic carbocycles. The smallest absolute Gasteiger partial charge is 0.0955 e. The van der Waals surface area contributed by atoms with Gasteiger partial charge < -0.3 is 15.3 Å². The van der Waals surface area contributed by atoms with Gasteiger partial charge >= 0.3 is 0 Å². The second-order valence-electron chi connectivity index (χ2n) is 6.31. The molecule has 0 radical (unpaired) electrons. The van der Waals surface area contributed by atoms with Crippen molar-refractivity contribution in [2.75, 3.05) is 31.6 Å². The van der Waals surface area contributed by atoms with Crippen LogP contribution in [0, 0.1) is 5.41 Å². The zero-order chi connectivity index (χ0) is 18.4. The van der Waals surface area contributed by atoms with Crippen LogP contribution in [0.3, 0.4) is 0 Å². The van der Waals surface area contributed by atoms with Gasteiger partial charge in [0.2, 0.25) is 0 Å². The lowest BCUT2D eigenvalue weighted by Crippen LogP contribution is -2.35. The molecule has 0 spiro atoms. The van der Waals surface area contributed by atoms with Crippen LogP contribution in [0.5, 0.6) is 0 Å². The van der Waals surface area contributed by atoms with E-state index in [1.807, 2.05) is 48.2 Å². The van der Waals surface area contributed by atoms with Gasteiger partial charge in [-0.25, -0.2) is 4.98 Å². The van der Waals surface area contributed by atoms with Gasteiger partial charge in [0.1, 0.15) is 0 Å². The van der Waals surface area contributed by atoms with Gasteiger partial charge in [0.15, 0.2) is 0 Å². The molecule has 1 aromatic heterocycles. The van der Waals surface area contributed by atoms with Crippen molar-refractivity contribution in [3.05, 3.63) is 48.5 Å². The number of benzene rings is 2. The van der Waals surface area contributed by atoms with Gasteiger partial charge in [0.05, 0.1) is 22.6 Å². The fraction of sp³-hybridized carbons (Fsp3) is 0.333. The molecule has 3 aromatic rings. The fourth-order valence-electron chi connectivity index (χ4n) is 3.21. The minimum atomic E-state index is 0.153. The van der Waals surface area contributed by atoms with Gasteiger partial charge in [-0.15, -0.1) is 0 Å². The van der Waals surface area contributed by atoms with Gasteiger partial charge in [-0.3, -0.25) is 5.41 Å². The third-order valence-corrected chi connectivity index (χ3v) is 4.57. The maximum absolute atomic E-state index is 9.09. The molecule has 3 N–H and O–H groups in total. The summed E-state index contributed by atoms with van der Waals surface area (Å²) in [6.07, 6.45) is 1.38. The number of hydrogen-bond acceptors (Lipinski definition) is 4. The summed E-state index contributed by atoms with van der Waals surface area (Å²) in [7, 11) is 0. The van der Waals surface area contributed by atoms with Crippen LogP contribution in [0.15, 0.2) is 48.5 Å². The van der Waals surface area contributed by atoms with Crippen LogP contribution < -0.4 is 5.32 Å². The number of hydrogen-bond donors (Lipinski definition) is 3. The summed E-state index contributed by atoms with van der Waals surface area (Å²) in [6, 6.07) is 16.3. The van der Waals surface area contributed by atoms with Crippen molar-refractivity contribution in [2.45, 2.75) is 19.8 Å². The summed E-state index contributed by atoms with van der Waals surface area (Å²) in [5, 5.41) is 23.0. The average Bonchev–Trinajstić information content (AvgIpc) is 2.69. The van der Waals surface area contributed by atoms with Crippen LogP contribution in [0.1, 0.15) is 19.8 Å². The molecular formula is C21H26N4O. The summed E-state index contributed by atoms with van der Waals surface area (Å²) in [4.78, 5) is 6.79. The maximum Gasteiger partial charge on any atom is 0.0955 e. The van der Waals surface area contributed by atoms with Gasteiger partial charge in [0.25, 0.3) is 0 Å². The number of nitrogens with zero attached hydrogens (tertiary/aromatic N) is 2. The molecule has 5 nitrogen and oxygen atoms in total. The molecule has 0 amide bonds. The van der Waals surface area contributed by atoms with E-state index >= 15 is 0 Å². The highest BCUT2D eigenvalue weighted by atomic mass is 16.3. The summed E-state index contributed by atoms with van der Waals surface area (Å²) >= 11 is 0. The van der Waals surface area contributed by atoms with Crippen LogP contribution in [0.2, 0.25) is 0 Å². The Balaban J connectivity index is 1.84. The van der Waals surface area contributed by atoms with Crippen LogP contribution in [-0.4, -0.2) is 47.1 Å². The number of aliphatic hydroxyl groups is 1. The molecule has 5 heteroatoms. The predicted octanol–water partition coefficient (Wildman–Crippen LogP) is 3.87. The highest BCUT2D eigenvalue weighted by molar-refractivity contribution is 6.07. The van der Waals surface area contributed by atoms with Crippen molar-refractivity contribution in [3.8, 4) is 0 Å². The van der Waals surface area contributed by atoms with Crippen molar-refractivity contribution < 1.29 is 5.11 Å². The molecule has 3 rings (SSSR count). The third kappa shape index (κ3) is 3.94. The molecule has 0 atom stereocenters. The van der Waals surface area contributed by atoms with E-state index in [-0.39, 0.29) is 6.61 Å². The third-order valence-electron chi connectivity index (χ3n) is 4.57. The standard InChI is InChI=1S/C21H26N4O/c1-2-20(22)25(13-7-15-26)14-12-23-21-16-8-3-5-10-18(16)24-19-11-6-4-9-17(19)21/h3-6,8-11,22,26H,2,7,12-15H2,1H3,(H,23,24). The molecule has 136 valence electrons. The lowest BCUT2D eigenvalue weighted by molar-refractivity contribution is 0.267. The lowest BCUT2D eigenvalue weighted by Gasteiger charge is -2.25. The van der Waals surface area contributed by atoms with Crippen molar-refractivity contribution in [3.63, 3.8) is 0 Å². The van der Waals surface area contributed by atoms with E-state index in [2.05, 4.69) is 17.4 Å². The minimum absolute atomic E-state index is 0.153. The molecule has 1 heterocycles. The maximum atomic E-state index is 9.09. The first-order valence-corrected chi connectivity index (χ1v) is 9.19. The highest BCUT2D eigenvalue weighted by Crippen LogP contribution is 2.30. The average molecular weight is 350 g/mol. The predicted molar refractivity (Wildman–Crippen MR) is 109 cm³/mol. The quantitative estimate of drug-likeness (QED) is 0.328. The van der Waals surface area contributed by atoms with Crippen molar-refractivity contribution >= 4 is 33.3 Å². The number of amidine groups is 1. The number of nitrogens with one attached hydrogen (secondary N) is 2. The van der Waals surface area contributed by atoms with E-state index in [4.69, 9.17) is 15.5 Å². The van der Waals surface area contributed by atoms with Crippen LogP contribution >= 0.6 is 0 Å². The Labute approximate surface area is 154 Å². The van der Waals surface area contributed by atoms with Gasteiger partial charge in [-0.2, -0.15) is 0 Å². The molecule has 2 aromatic carbocycles. The Morgan fingerprint density at radius 2 is 1.65 bits per heavy atom. The van der Waals surface area contributed by atoms with E-state index in [0.29, 0.717) is 25.2 Å². The molecule has 0 fully saturated rings. The molecular weight excluding hydrogens is 324 g/mol. The zero-order valence-corrected chi connectivity index (χ0v) is 15.2. The number of aliphatic hydroxyl groups excluding tert-OH is 1. The molecule has 0 saturated heterocycles. The summed E-state index contributed by atoms with van der Waals surface area (Å²) < 4.78 is 0.